The van der Waals surface area contributed by atoms with Crippen LogP contribution in [0.1, 0.15) is 43.4 Å². The molecule has 0 heterocycles. The van der Waals surface area contributed by atoms with Gasteiger partial charge >= 0.3 is 6.18 Å². The van der Waals surface area contributed by atoms with Crippen LogP contribution < -0.4 is 5.73 Å². The Labute approximate surface area is 99.8 Å². The standard InChI is InChI=1S/C13H18F3N/c1-2-3-4-10-5-7-11(8-6-10)12(17)9-13(14,15)16/h5-8,12H,2-4,9,17H2,1H3. The number of rotatable bonds is 5. The van der Waals surface area contributed by atoms with Gasteiger partial charge in [0.25, 0.3) is 0 Å². The zero-order valence-corrected chi connectivity index (χ0v) is 9.93. The van der Waals surface area contributed by atoms with Crippen molar-refractivity contribution in [3.05, 3.63) is 35.4 Å². The van der Waals surface area contributed by atoms with E-state index < -0.39 is 18.6 Å². The summed E-state index contributed by atoms with van der Waals surface area (Å²) in [6, 6.07) is 6.15. The SMILES string of the molecule is CCCCc1ccc(C(N)CC(F)(F)F)cc1. The molecule has 1 aromatic carbocycles. The summed E-state index contributed by atoms with van der Waals surface area (Å²) in [5.74, 6) is 0. The van der Waals surface area contributed by atoms with Crippen LogP contribution in [0.25, 0.3) is 0 Å². The Kier molecular flexibility index (Phi) is 5.00. The zero-order valence-electron chi connectivity index (χ0n) is 9.93. The van der Waals surface area contributed by atoms with Crippen LogP contribution in [0.5, 0.6) is 0 Å². The van der Waals surface area contributed by atoms with Gasteiger partial charge in [0, 0.05) is 6.04 Å². The van der Waals surface area contributed by atoms with Gasteiger partial charge in [-0.05, 0) is 24.0 Å². The van der Waals surface area contributed by atoms with Gasteiger partial charge in [0.05, 0.1) is 6.42 Å². The maximum absolute atomic E-state index is 12.2. The Morgan fingerprint density at radius 3 is 2.24 bits per heavy atom. The fourth-order valence-electron chi connectivity index (χ4n) is 1.68. The van der Waals surface area contributed by atoms with Crippen LogP contribution in [0.15, 0.2) is 24.3 Å². The smallest absolute Gasteiger partial charge is 0.324 e. The molecule has 0 radical (unpaired) electrons. The van der Waals surface area contributed by atoms with Gasteiger partial charge in [0.15, 0.2) is 0 Å². The molecule has 1 rings (SSSR count). The summed E-state index contributed by atoms with van der Waals surface area (Å²) in [4.78, 5) is 0. The van der Waals surface area contributed by atoms with Gasteiger partial charge in [0.2, 0.25) is 0 Å². The molecule has 0 saturated heterocycles. The Hall–Kier alpha value is -1.03. The lowest BCUT2D eigenvalue weighted by Gasteiger charge is -2.14. The molecule has 1 aromatic rings. The Morgan fingerprint density at radius 2 is 1.76 bits per heavy atom. The van der Waals surface area contributed by atoms with Gasteiger partial charge in [-0.15, -0.1) is 0 Å². The second kappa shape index (κ2) is 6.05. The molecule has 17 heavy (non-hydrogen) atoms. The summed E-state index contributed by atoms with van der Waals surface area (Å²) < 4.78 is 36.5. The van der Waals surface area contributed by atoms with E-state index in [9.17, 15) is 13.2 Å². The molecule has 0 saturated carbocycles. The molecular formula is C13H18F3N. The number of halogens is 3. The number of hydrogen-bond donors (Lipinski definition) is 1. The van der Waals surface area contributed by atoms with Crippen LogP contribution in [0.3, 0.4) is 0 Å². The fraction of sp³-hybridized carbons (Fsp3) is 0.538. The van der Waals surface area contributed by atoms with E-state index in [0.29, 0.717) is 5.56 Å². The van der Waals surface area contributed by atoms with Crippen LogP contribution in [-0.4, -0.2) is 6.18 Å². The minimum Gasteiger partial charge on any atom is -0.324 e. The average Bonchev–Trinajstić information content (AvgIpc) is 2.24. The van der Waals surface area contributed by atoms with Crippen LogP contribution >= 0.6 is 0 Å². The molecule has 0 fully saturated rings. The summed E-state index contributed by atoms with van der Waals surface area (Å²) in [6.07, 6.45) is -2.02. The highest BCUT2D eigenvalue weighted by molar-refractivity contribution is 5.25. The molecule has 0 spiro atoms. The summed E-state index contributed by atoms with van der Waals surface area (Å²) in [7, 11) is 0. The number of unbranched alkanes of at least 4 members (excludes halogenated alkanes) is 1. The van der Waals surface area contributed by atoms with Crippen molar-refractivity contribution >= 4 is 0 Å². The highest BCUT2D eigenvalue weighted by Gasteiger charge is 2.30. The minimum absolute atomic E-state index is 0.544. The van der Waals surface area contributed by atoms with Gasteiger partial charge < -0.3 is 5.73 Å². The fourth-order valence-corrected chi connectivity index (χ4v) is 1.68. The third-order valence-electron chi connectivity index (χ3n) is 2.68. The van der Waals surface area contributed by atoms with Crippen LogP contribution in [-0.2, 0) is 6.42 Å². The Bertz CT molecular complexity index is 330. The molecule has 4 heteroatoms. The average molecular weight is 245 g/mol. The van der Waals surface area contributed by atoms with Crippen LogP contribution in [0.2, 0.25) is 0 Å². The molecule has 0 aliphatic rings. The van der Waals surface area contributed by atoms with Gasteiger partial charge in [-0.25, -0.2) is 0 Å². The largest absolute Gasteiger partial charge is 0.390 e. The molecular weight excluding hydrogens is 227 g/mol. The van der Waals surface area contributed by atoms with Crippen molar-refractivity contribution in [2.24, 2.45) is 5.73 Å². The summed E-state index contributed by atoms with van der Waals surface area (Å²) in [5, 5.41) is 0. The Balaban J connectivity index is 2.60. The third-order valence-corrected chi connectivity index (χ3v) is 2.68. The normalized spacial score (nSPS) is 13.7. The second-order valence-electron chi connectivity index (χ2n) is 4.27. The van der Waals surface area contributed by atoms with E-state index in [1.165, 1.54) is 0 Å². The number of nitrogens with two attached hydrogens (primary N) is 1. The Morgan fingerprint density at radius 1 is 1.18 bits per heavy atom. The van der Waals surface area contributed by atoms with Crippen molar-refractivity contribution in [3.63, 3.8) is 0 Å². The van der Waals surface area contributed by atoms with E-state index in [-0.39, 0.29) is 0 Å². The van der Waals surface area contributed by atoms with E-state index in [2.05, 4.69) is 6.92 Å². The van der Waals surface area contributed by atoms with Crippen LogP contribution in [0, 0.1) is 0 Å². The molecule has 0 aliphatic heterocycles. The lowest BCUT2D eigenvalue weighted by molar-refractivity contribution is -0.138. The van der Waals surface area contributed by atoms with Crippen molar-refractivity contribution in [1.29, 1.82) is 0 Å². The topological polar surface area (TPSA) is 26.0 Å². The second-order valence-corrected chi connectivity index (χ2v) is 4.27. The van der Waals surface area contributed by atoms with Crippen molar-refractivity contribution in [1.82, 2.24) is 0 Å². The summed E-state index contributed by atoms with van der Waals surface area (Å²) in [5.41, 5.74) is 7.20. The molecule has 1 nitrogen and oxygen atoms in total. The maximum Gasteiger partial charge on any atom is 0.390 e. The maximum atomic E-state index is 12.2. The van der Waals surface area contributed by atoms with E-state index >= 15 is 0 Å². The zero-order chi connectivity index (χ0) is 12.9. The third kappa shape index (κ3) is 5.22. The highest BCUT2D eigenvalue weighted by Crippen LogP contribution is 2.27. The van der Waals surface area contributed by atoms with E-state index in [1.54, 1.807) is 12.1 Å². The van der Waals surface area contributed by atoms with Gasteiger partial charge in [-0.1, -0.05) is 37.6 Å². The molecule has 0 bridgehead atoms. The lowest BCUT2D eigenvalue weighted by atomic mass is 10.0. The number of benzene rings is 1. The molecule has 2 N–H and O–H groups in total. The molecule has 1 unspecified atom stereocenters. The molecule has 0 aliphatic carbocycles. The van der Waals surface area contributed by atoms with Gasteiger partial charge in [0.1, 0.15) is 0 Å². The first kappa shape index (κ1) is 14.0. The molecule has 0 amide bonds. The van der Waals surface area contributed by atoms with Crippen LogP contribution in [0.4, 0.5) is 13.2 Å². The predicted molar refractivity (Wildman–Crippen MR) is 62.7 cm³/mol. The molecule has 0 aromatic heterocycles. The number of alkyl halides is 3. The van der Waals surface area contributed by atoms with Crippen molar-refractivity contribution < 1.29 is 13.2 Å². The van der Waals surface area contributed by atoms with E-state index in [4.69, 9.17) is 5.73 Å². The molecule has 96 valence electrons. The van der Waals surface area contributed by atoms with Gasteiger partial charge in [-0.2, -0.15) is 13.2 Å². The minimum atomic E-state index is -4.21. The quantitative estimate of drug-likeness (QED) is 0.834. The van der Waals surface area contributed by atoms with Crippen molar-refractivity contribution in [2.45, 2.75) is 44.8 Å². The monoisotopic (exact) mass is 245 g/mol. The summed E-state index contributed by atoms with van der Waals surface area (Å²) >= 11 is 0. The first-order valence-electron chi connectivity index (χ1n) is 5.83. The predicted octanol–water partition coefficient (Wildman–Crippen LogP) is 3.98. The number of aryl methyl sites for hydroxylation is 1. The van der Waals surface area contributed by atoms with Crippen molar-refractivity contribution in [2.75, 3.05) is 0 Å². The van der Waals surface area contributed by atoms with Crippen molar-refractivity contribution in [3.8, 4) is 0 Å². The van der Waals surface area contributed by atoms with Gasteiger partial charge in [-0.3, -0.25) is 0 Å². The highest BCUT2D eigenvalue weighted by atomic mass is 19.4. The lowest BCUT2D eigenvalue weighted by Crippen LogP contribution is -2.20. The first-order valence-corrected chi connectivity index (χ1v) is 5.83. The molecule has 1 atom stereocenters. The van der Waals surface area contributed by atoms with E-state index in [0.717, 1.165) is 24.8 Å². The first-order chi connectivity index (χ1) is 7.92. The number of hydrogen-bond acceptors (Lipinski definition) is 1. The summed E-state index contributed by atoms with van der Waals surface area (Å²) in [6.45, 7) is 2.10. The van der Waals surface area contributed by atoms with E-state index in [1.807, 2.05) is 12.1 Å².